The predicted octanol–water partition coefficient (Wildman–Crippen LogP) is 0.0952. The van der Waals surface area contributed by atoms with Crippen LogP contribution in [0.2, 0.25) is 0 Å². The average molecular weight is 246 g/mol. The van der Waals surface area contributed by atoms with Crippen LogP contribution in [-0.2, 0) is 16.1 Å². The van der Waals surface area contributed by atoms with E-state index >= 15 is 0 Å². The van der Waals surface area contributed by atoms with Gasteiger partial charge in [0, 0.05) is 6.61 Å². The van der Waals surface area contributed by atoms with Gasteiger partial charge in [0.25, 0.3) is 0 Å². The fraction of sp³-hybridized carbons (Fsp3) is 0.625. The van der Waals surface area contributed by atoms with Crippen molar-refractivity contribution >= 4 is 17.7 Å². The molecule has 3 N–H and O–H groups in total. The Morgan fingerprint density at radius 2 is 2.38 bits per heavy atom. The lowest BCUT2D eigenvalue weighted by Crippen LogP contribution is -2.15. The van der Waals surface area contributed by atoms with Gasteiger partial charge in [0.05, 0.1) is 5.75 Å². The van der Waals surface area contributed by atoms with E-state index in [1.807, 2.05) is 6.92 Å². The zero-order valence-corrected chi connectivity index (χ0v) is 9.74. The molecule has 0 saturated heterocycles. The Kier molecular flexibility index (Phi) is 5.06. The Morgan fingerprint density at radius 3 is 3.00 bits per heavy atom. The van der Waals surface area contributed by atoms with E-state index in [4.69, 9.17) is 15.7 Å². The summed E-state index contributed by atoms with van der Waals surface area (Å²) in [5.41, 5.74) is 0. The van der Waals surface area contributed by atoms with E-state index in [1.165, 1.54) is 4.68 Å². The molecule has 0 unspecified atom stereocenters. The van der Waals surface area contributed by atoms with Crippen LogP contribution in [0.4, 0.5) is 0 Å². The minimum atomic E-state index is -0.920. The van der Waals surface area contributed by atoms with Crippen molar-refractivity contribution in [2.24, 2.45) is 0 Å². The highest BCUT2D eigenvalue weighted by Gasteiger charge is 2.11. The second-order valence-electron chi connectivity index (χ2n) is 3.00. The molecule has 0 saturated carbocycles. The van der Waals surface area contributed by atoms with Gasteiger partial charge in [0.1, 0.15) is 6.61 Å². The molecule has 7 nitrogen and oxygen atoms in total. The lowest BCUT2D eigenvalue weighted by Gasteiger charge is -2.03. The zero-order chi connectivity index (χ0) is 12.0. The lowest BCUT2D eigenvalue weighted by atomic mass is 10.5. The van der Waals surface area contributed by atoms with E-state index in [2.05, 4.69) is 10.2 Å². The summed E-state index contributed by atoms with van der Waals surface area (Å²) in [7, 11) is 0. The average Bonchev–Trinajstić information content (AvgIpc) is 2.58. The number of aliphatic carboxylic acids is 1. The number of carboxylic acids is 1. The van der Waals surface area contributed by atoms with Gasteiger partial charge in [-0.25, -0.2) is 4.68 Å². The highest BCUT2D eigenvalue weighted by molar-refractivity contribution is 7.99. The number of nitrogens with two attached hydrogens (primary N) is 1. The smallest absolute Gasteiger partial charge is 0.313 e. The summed E-state index contributed by atoms with van der Waals surface area (Å²) in [5.74, 6) is 5.15. The molecule has 0 aromatic carbocycles. The molecule has 0 atom stereocenters. The molecular formula is C8H14N4O3S. The molecule has 0 aliphatic rings. The monoisotopic (exact) mass is 246 g/mol. The standard InChI is InChI=1S/C8H14N4O3S/c1-2-3-15-4-6-10-11-8(12(6)9)16-5-7(13)14/h2-5,9H2,1H3,(H,13,14). The summed E-state index contributed by atoms with van der Waals surface area (Å²) in [4.78, 5) is 10.4. The van der Waals surface area contributed by atoms with E-state index in [9.17, 15) is 4.79 Å². The Morgan fingerprint density at radius 1 is 1.62 bits per heavy atom. The van der Waals surface area contributed by atoms with Crippen LogP contribution in [0, 0.1) is 0 Å². The minimum Gasteiger partial charge on any atom is -0.481 e. The van der Waals surface area contributed by atoms with Gasteiger partial charge >= 0.3 is 5.97 Å². The predicted molar refractivity (Wildman–Crippen MR) is 58.5 cm³/mol. The molecule has 0 aliphatic heterocycles. The van der Waals surface area contributed by atoms with E-state index in [1.54, 1.807) is 0 Å². The molecule has 16 heavy (non-hydrogen) atoms. The van der Waals surface area contributed by atoms with Crippen LogP contribution in [0.3, 0.4) is 0 Å². The van der Waals surface area contributed by atoms with Gasteiger partial charge in [-0.2, -0.15) is 0 Å². The third kappa shape index (κ3) is 3.70. The van der Waals surface area contributed by atoms with E-state index in [-0.39, 0.29) is 12.4 Å². The summed E-state index contributed by atoms with van der Waals surface area (Å²) in [5, 5.41) is 16.5. The van der Waals surface area contributed by atoms with Gasteiger partial charge in [-0.05, 0) is 6.42 Å². The van der Waals surface area contributed by atoms with Crippen molar-refractivity contribution < 1.29 is 14.6 Å². The molecule has 1 rings (SSSR count). The minimum absolute atomic E-state index is 0.0921. The summed E-state index contributed by atoms with van der Waals surface area (Å²) in [6.07, 6.45) is 0.916. The van der Waals surface area contributed by atoms with Gasteiger partial charge in [-0.1, -0.05) is 18.7 Å². The Hall–Kier alpha value is -1.28. The molecule has 0 radical (unpaired) electrons. The third-order valence-corrected chi connectivity index (χ3v) is 2.57. The Labute approximate surface area is 97.0 Å². The number of nitrogens with zero attached hydrogens (tertiary/aromatic N) is 3. The van der Waals surface area contributed by atoms with Crippen molar-refractivity contribution in [3.63, 3.8) is 0 Å². The molecule has 90 valence electrons. The van der Waals surface area contributed by atoms with E-state index in [0.717, 1.165) is 18.2 Å². The molecule has 0 spiro atoms. The molecule has 0 bridgehead atoms. The van der Waals surface area contributed by atoms with Crippen molar-refractivity contribution in [3.05, 3.63) is 5.82 Å². The van der Waals surface area contributed by atoms with E-state index < -0.39 is 5.97 Å². The van der Waals surface area contributed by atoms with Gasteiger partial charge in [0.2, 0.25) is 5.16 Å². The maximum absolute atomic E-state index is 10.4. The number of hydrogen-bond donors (Lipinski definition) is 2. The van der Waals surface area contributed by atoms with Crippen LogP contribution in [0.1, 0.15) is 19.2 Å². The van der Waals surface area contributed by atoms with Crippen molar-refractivity contribution in [2.45, 2.75) is 25.1 Å². The first-order chi connectivity index (χ1) is 7.65. The number of rotatable bonds is 7. The summed E-state index contributed by atoms with van der Waals surface area (Å²) >= 11 is 1.02. The number of thioether (sulfide) groups is 1. The number of ether oxygens (including phenoxy) is 1. The molecule has 1 heterocycles. The van der Waals surface area contributed by atoms with Crippen LogP contribution in [0.25, 0.3) is 0 Å². The molecule has 8 heteroatoms. The van der Waals surface area contributed by atoms with Crippen molar-refractivity contribution in [1.29, 1.82) is 0 Å². The quantitative estimate of drug-likeness (QED) is 0.399. The van der Waals surface area contributed by atoms with Crippen molar-refractivity contribution in [2.75, 3.05) is 18.2 Å². The number of aromatic nitrogens is 3. The van der Waals surface area contributed by atoms with Crippen LogP contribution in [-0.4, -0.2) is 38.3 Å². The second kappa shape index (κ2) is 6.33. The maximum atomic E-state index is 10.4. The number of nitrogen functional groups attached to an aromatic ring is 1. The molecule has 0 fully saturated rings. The summed E-state index contributed by atoms with van der Waals surface area (Å²) in [6, 6.07) is 0. The largest absolute Gasteiger partial charge is 0.481 e. The van der Waals surface area contributed by atoms with Crippen LogP contribution in [0.15, 0.2) is 5.16 Å². The van der Waals surface area contributed by atoms with Crippen molar-refractivity contribution in [1.82, 2.24) is 14.9 Å². The first-order valence-electron chi connectivity index (χ1n) is 4.76. The molecular weight excluding hydrogens is 232 g/mol. The molecule has 1 aromatic heterocycles. The lowest BCUT2D eigenvalue weighted by molar-refractivity contribution is -0.133. The number of carboxylic acid groups (broad SMARTS) is 1. The number of hydrogen-bond acceptors (Lipinski definition) is 6. The van der Waals surface area contributed by atoms with Crippen LogP contribution in [0.5, 0.6) is 0 Å². The van der Waals surface area contributed by atoms with Crippen molar-refractivity contribution in [3.8, 4) is 0 Å². The highest BCUT2D eigenvalue weighted by atomic mass is 32.2. The van der Waals surface area contributed by atoms with Gasteiger partial charge in [0.15, 0.2) is 5.82 Å². The maximum Gasteiger partial charge on any atom is 0.313 e. The highest BCUT2D eigenvalue weighted by Crippen LogP contribution is 2.14. The van der Waals surface area contributed by atoms with Gasteiger partial charge in [-0.3, -0.25) is 4.79 Å². The topological polar surface area (TPSA) is 103 Å². The summed E-state index contributed by atoms with van der Waals surface area (Å²) < 4.78 is 6.51. The Bertz CT molecular complexity index is 355. The fourth-order valence-electron chi connectivity index (χ4n) is 0.938. The molecule has 0 amide bonds. The van der Waals surface area contributed by atoms with Gasteiger partial charge in [-0.15, -0.1) is 10.2 Å². The Balaban J connectivity index is 2.51. The molecule has 0 aliphatic carbocycles. The second-order valence-corrected chi connectivity index (χ2v) is 3.95. The zero-order valence-electron chi connectivity index (χ0n) is 8.92. The summed E-state index contributed by atoms with van der Waals surface area (Å²) in [6.45, 7) is 2.91. The van der Waals surface area contributed by atoms with Crippen LogP contribution < -0.4 is 5.84 Å². The first-order valence-corrected chi connectivity index (χ1v) is 5.75. The molecule has 1 aromatic rings. The third-order valence-electron chi connectivity index (χ3n) is 1.64. The van der Waals surface area contributed by atoms with Gasteiger partial charge < -0.3 is 15.7 Å². The van der Waals surface area contributed by atoms with E-state index in [0.29, 0.717) is 17.6 Å². The normalized spacial score (nSPS) is 10.6. The SMILES string of the molecule is CCCOCc1nnc(SCC(=O)O)n1N. The van der Waals surface area contributed by atoms with Crippen LogP contribution >= 0.6 is 11.8 Å². The fourth-order valence-corrected chi connectivity index (χ4v) is 1.53. The first kappa shape index (κ1) is 12.8. The number of carbonyl (C=O) groups is 1.